The summed E-state index contributed by atoms with van der Waals surface area (Å²) >= 11 is 0. The van der Waals surface area contributed by atoms with Gasteiger partial charge in [0.1, 0.15) is 5.75 Å². The van der Waals surface area contributed by atoms with E-state index < -0.39 is 12.1 Å². The number of carboxylic acid groups (broad SMARTS) is 1. The number of amides is 1. The summed E-state index contributed by atoms with van der Waals surface area (Å²) in [5.41, 5.74) is 0.671. The highest BCUT2D eigenvalue weighted by atomic mass is 16.5. The van der Waals surface area contributed by atoms with Crippen molar-refractivity contribution in [2.24, 2.45) is 0 Å². The van der Waals surface area contributed by atoms with Crippen LogP contribution in [0.2, 0.25) is 0 Å². The van der Waals surface area contributed by atoms with Gasteiger partial charge < -0.3 is 15.2 Å². The van der Waals surface area contributed by atoms with Crippen LogP contribution in [0.25, 0.3) is 0 Å². The fraction of sp³-hybridized carbons (Fsp3) is 0.286. The number of hydrogen-bond acceptors (Lipinski definition) is 3. The van der Waals surface area contributed by atoms with Crippen LogP contribution in [-0.2, 0) is 16.0 Å². The molecule has 0 aliphatic rings. The van der Waals surface area contributed by atoms with Gasteiger partial charge >= 0.3 is 5.97 Å². The zero-order chi connectivity index (χ0) is 14.3. The van der Waals surface area contributed by atoms with Crippen LogP contribution < -0.4 is 10.1 Å². The van der Waals surface area contributed by atoms with Crippen molar-refractivity contribution in [1.29, 1.82) is 0 Å². The van der Waals surface area contributed by atoms with Gasteiger partial charge in [0.2, 0.25) is 0 Å². The summed E-state index contributed by atoms with van der Waals surface area (Å²) in [5.74, 6) is 1.61. The highest BCUT2D eigenvalue weighted by Gasteiger charge is 2.13. The second-order valence-electron chi connectivity index (χ2n) is 3.90. The third-order valence-corrected chi connectivity index (χ3v) is 2.33. The smallest absolute Gasteiger partial charge is 0.307 e. The lowest BCUT2D eigenvalue weighted by atomic mass is 10.1. The minimum Gasteiger partial charge on any atom is -0.481 e. The van der Waals surface area contributed by atoms with Gasteiger partial charge in [-0.3, -0.25) is 9.59 Å². The molecule has 0 saturated heterocycles. The largest absolute Gasteiger partial charge is 0.481 e. The van der Waals surface area contributed by atoms with Crippen LogP contribution in [0.4, 0.5) is 0 Å². The van der Waals surface area contributed by atoms with E-state index in [9.17, 15) is 9.59 Å². The van der Waals surface area contributed by atoms with Crippen LogP contribution in [0.15, 0.2) is 24.3 Å². The number of carbonyl (C=O) groups is 2. The molecule has 1 aromatic rings. The van der Waals surface area contributed by atoms with Gasteiger partial charge in [-0.2, -0.15) is 0 Å². The number of terminal acetylenes is 1. The van der Waals surface area contributed by atoms with Crippen molar-refractivity contribution >= 4 is 11.9 Å². The molecule has 1 unspecified atom stereocenters. The van der Waals surface area contributed by atoms with E-state index in [-0.39, 0.29) is 18.9 Å². The lowest BCUT2D eigenvalue weighted by molar-refractivity contribution is -0.136. The molecule has 0 aliphatic heterocycles. The van der Waals surface area contributed by atoms with Crippen molar-refractivity contribution < 1.29 is 19.4 Å². The van der Waals surface area contributed by atoms with Gasteiger partial charge in [0.25, 0.3) is 5.91 Å². The van der Waals surface area contributed by atoms with E-state index in [1.165, 1.54) is 0 Å². The average Bonchev–Trinajstić information content (AvgIpc) is 2.37. The molecule has 5 heteroatoms. The molecule has 0 fully saturated rings. The molecule has 1 rings (SSSR count). The van der Waals surface area contributed by atoms with Crippen LogP contribution in [0, 0.1) is 12.3 Å². The number of benzene rings is 1. The lowest BCUT2D eigenvalue weighted by Gasteiger charge is -2.13. The minimum absolute atomic E-state index is 0.0432. The lowest BCUT2D eigenvalue weighted by Crippen LogP contribution is -2.36. The zero-order valence-corrected chi connectivity index (χ0v) is 10.6. The van der Waals surface area contributed by atoms with Gasteiger partial charge in [-0.05, 0) is 24.6 Å². The van der Waals surface area contributed by atoms with Crippen molar-refractivity contribution in [1.82, 2.24) is 5.32 Å². The fourth-order valence-corrected chi connectivity index (χ4v) is 1.40. The Bertz CT molecular complexity index is 487. The molecule has 0 aromatic heterocycles. The topological polar surface area (TPSA) is 75.6 Å². The number of rotatable bonds is 6. The molecule has 1 aromatic carbocycles. The first kappa shape index (κ1) is 14.6. The summed E-state index contributed by atoms with van der Waals surface area (Å²) in [7, 11) is 0. The van der Waals surface area contributed by atoms with Gasteiger partial charge in [-0.25, -0.2) is 0 Å². The molecule has 0 aliphatic carbocycles. The number of aliphatic carboxylic acids is 1. The summed E-state index contributed by atoms with van der Waals surface area (Å²) in [4.78, 5) is 22.0. The minimum atomic E-state index is -0.893. The molecule has 1 amide bonds. The summed E-state index contributed by atoms with van der Waals surface area (Å²) in [5, 5.41) is 11.1. The normalized spacial score (nSPS) is 11.2. The molecule has 0 bridgehead atoms. The molecule has 0 spiro atoms. The molecule has 0 heterocycles. The van der Waals surface area contributed by atoms with Crippen LogP contribution in [0.1, 0.15) is 12.5 Å². The monoisotopic (exact) mass is 261 g/mol. The highest BCUT2D eigenvalue weighted by molar-refractivity contribution is 5.80. The Hall–Kier alpha value is -2.48. The number of carbonyl (C=O) groups excluding carboxylic acids is 1. The molecule has 19 heavy (non-hydrogen) atoms. The van der Waals surface area contributed by atoms with Crippen molar-refractivity contribution in [2.45, 2.75) is 19.4 Å². The van der Waals surface area contributed by atoms with Gasteiger partial charge in [-0.15, -0.1) is 6.42 Å². The number of hydrogen-bond donors (Lipinski definition) is 2. The van der Waals surface area contributed by atoms with Crippen LogP contribution in [0.3, 0.4) is 0 Å². The van der Waals surface area contributed by atoms with Crippen LogP contribution in [-0.4, -0.2) is 29.6 Å². The second kappa shape index (κ2) is 7.07. The SMILES string of the molecule is C#CCNC(=O)C(C)Oc1ccc(CC(=O)O)cc1. The summed E-state index contributed by atoms with van der Waals surface area (Å²) in [6.07, 6.45) is 4.32. The highest BCUT2D eigenvalue weighted by Crippen LogP contribution is 2.14. The number of nitrogens with one attached hydrogen (secondary N) is 1. The third-order valence-electron chi connectivity index (χ3n) is 2.33. The first-order valence-corrected chi connectivity index (χ1v) is 5.71. The molecule has 0 saturated carbocycles. The van der Waals surface area contributed by atoms with Gasteiger partial charge in [-0.1, -0.05) is 18.1 Å². The van der Waals surface area contributed by atoms with E-state index in [0.29, 0.717) is 11.3 Å². The predicted molar refractivity (Wildman–Crippen MR) is 69.7 cm³/mol. The van der Waals surface area contributed by atoms with Gasteiger partial charge in [0, 0.05) is 0 Å². The standard InChI is InChI=1S/C14H15NO4/c1-3-8-15-14(18)10(2)19-12-6-4-11(5-7-12)9-13(16)17/h1,4-7,10H,8-9H2,2H3,(H,15,18)(H,16,17). The first-order chi connectivity index (χ1) is 9.02. The van der Waals surface area contributed by atoms with Crippen molar-refractivity contribution in [3.63, 3.8) is 0 Å². The fourth-order valence-electron chi connectivity index (χ4n) is 1.40. The Balaban J connectivity index is 2.55. The summed E-state index contributed by atoms with van der Waals surface area (Å²) in [6.45, 7) is 1.76. The van der Waals surface area contributed by atoms with E-state index in [1.54, 1.807) is 31.2 Å². The van der Waals surface area contributed by atoms with E-state index in [2.05, 4.69) is 11.2 Å². The molecule has 0 radical (unpaired) electrons. The Kier molecular flexibility index (Phi) is 5.42. The molecular weight excluding hydrogens is 246 g/mol. The van der Waals surface area contributed by atoms with E-state index >= 15 is 0 Å². The van der Waals surface area contributed by atoms with Crippen LogP contribution in [0.5, 0.6) is 5.75 Å². The maximum absolute atomic E-state index is 11.5. The quantitative estimate of drug-likeness (QED) is 0.744. The Labute approximate surface area is 111 Å². The summed E-state index contributed by atoms with van der Waals surface area (Å²) in [6, 6.07) is 6.55. The number of carboxylic acids is 1. The van der Waals surface area contributed by atoms with Crippen LogP contribution >= 0.6 is 0 Å². The van der Waals surface area contributed by atoms with Crippen molar-refractivity contribution in [3.8, 4) is 18.1 Å². The molecule has 5 nitrogen and oxygen atoms in total. The first-order valence-electron chi connectivity index (χ1n) is 5.71. The average molecular weight is 261 g/mol. The predicted octanol–water partition coefficient (Wildman–Crippen LogP) is 0.830. The molecule has 100 valence electrons. The molecule has 2 N–H and O–H groups in total. The Morgan fingerprint density at radius 2 is 2.05 bits per heavy atom. The Morgan fingerprint density at radius 1 is 1.42 bits per heavy atom. The maximum atomic E-state index is 11.5. The van der Waals surface area contributed by atoms with E-state index in [4.69, 9.17) is 16.3 Å². The maximum Gasteiger partial charge on any atom is 0.307 e. The van der Waals surface area contributed by atoms with E-state index in [0.717, 1.165) is 0 Å². The van der Waals surface area contributed by atoms with Gasteiger partial charge in [0.05, 0.1) is 13.0 Å². The second-order valence-corrected chi connectivity index (χ2v) is 3.90. The number of ether oxygens (including phenoxy) is 1. The third kappa shape index (κ3) is 5.13. The molecule has 1 atom stereocenters. The Morgan fingerprint density at radius 3 is 2.58 bits per heavy atom. The molecular formula is C14H15NO4. The zero-order valence-electron chi connectivity index (χ0n) is 10.6. The van der Waals surface area contributed by atoms with E-state index in [1.807, 2.05) is 0 Å². The van der Waals surface area contributed by atoms with Crippen molar-refractivity contribution in [3.05, 3.63) is 29.8 Å². The van der Waals surface area contributed by atoms with Gasteiger partial charge in [0.15, 0.2) is 6.10 Å². The summed E-state index contributed by atoms with van der Waals surface area (Å²) < 4.78 is 5.41. The van der Waals surface area contributed by atoms with Crippen molar-refractivity contribution in [2.75, 3.05) is 6.54 Å².